The molecule has 0 saturated carbocycles. The Hall–Kier alpha value is -2.28. The second kappa shape index (κ2) is 8.61. The number of benzene rings is 3. The lowest BCUT2D eigenvalue weighted by Crippen LogP contribution is -2.67. The van der Waals surface area contributed by atoms with Gasteiger partial charge in [0.2, 0.25) is 0 Å². The normalized spacial score (nSPS) is 13.1. The van der Waals surface area contributed by atoms with Crippen LogP contribution in [0.5, 0.6) is 0 Å². The van der Waals surface area contributed by atoms with Gasteiger partial charge in [-0.05, 0) is 27.5 Å². The summed E-state index contributed by atoms with van der Waals surface area (Å²) in [5, 5.41) is 13.9. The van der Waals surface area contributed by atoms with Gasteiger partial charge in [-0.3, -0.25) is 10.1 Å². The molecule has 1 unspecified atom stereocenters. The summed E-state index contributed by atoms with van der Waals surface area (Å²) in [6, 6.07) is 27.1. The van der Waals surface area contributed by atoms with Crippen LogP contribution in [0, 0.1) is 10.1 Å². The maximum absolute atomic E-state index is 12.2. The molecular formula is C23H24BrNO3Si. The van der Waals surface area contributed by atoms with E-state index in [2.05, 4.69) is 36.7 Å². The van der Waals surface area contributed by atoms with Crippen molar-refractivity contribution in [2.45, 2.75) is 32.0 Å². The lowest BCUT2D eigenvalue weighted by molar-refractivity contribution is -0.573. The second-order valence-electron chi connectivity index (χ2n) is 7.94. The standard InChI is InChI=1S/C23H24BrNO3Si/c1-23(2,3)29(18-12-6-4-7-13-18,19-14-8-5-9-15-19)28-22(25(26)27)20-16-10-11-17-21(20)24/h4-17,22H,1-3H3. The molecule has 0 aromatic heterocycles. The molecule has 0 N–H and O–H groups in total. The summed E-state index contributed by atoms with van der Waals surface area (Å²) in [7, 11) is -3.04. The minimum absolute atomic E-state index is 0.334. The van der Waals surface area contributed by atoms with Gasteiger partial charge in [0.15, 0.2) is 0 Å². The number of nitro groups is 1. The largest absolute Gasteiger partial charge is 0.345 e. The van der Waals surface area contributed by atoms with E-state index in [1.54, 1.807) is 18.2 Å². The zero-order valence-corrected chi connectivity index (χ0v) is 19.3. The van der Waals surface area contributed by atoms with Gasteiger partial charge in [0.05, 0.1) is 10.5 Å². The maximum Gasteiger partial charge on any atom is 0.334 e. The highest BCUT2D eigenvalue weighted by Gasteiger charge is 2.54. The fourth-order valence-corrected chi connectivity index (χ4v) is 8.80. The van der Waals surface area contributed by atoms with Crippen molar-refractivity contribution in [2.75, 3.05) is 0 Å². The third-order valence-electron chi connectivity index (χ3n) is 5.07. The van der Waals surface area contributed by atoms with Crippen LogP contribution < -0.4 is 10.4 Å². The zero-order chi connectivity index (χ0) is 21.1. The smallest absolute Gasteiger partial charge is 0.334 e. The van der Waals surface area contributed by atoms with Crippen LogP contribution in [0.1, 0.15) is 32.6 Å². The topological polar surface area (TPSA) is 52.4 Å². The highest BCUT2D eigenvalue weighted by Crippen LogP contribution is 2.40. The Kier molecular flexibility index (Phi) is 6.36. The predicted octanol–water partition coefficient (Wildman–Crippen LogP) is 5.30. The molecule has 3 rings (SSSR count). The summed E-state index contributed by atoms with van der Waals surface area (Å²) < 4.78 is 7.38. The average Bonchev–Trinajstić information content (AvgIpc) is 2.70. The first-order valence-corrected chi connectivity index (χ1v) is 12.1. The van der Waals surface area contributed by atoms with Gasteiger partial charge in [0.25, 0.3) is 8.32 Å². The molecule has 3 aromatic rings. The minimum atomic E-state index is -3.04. The molecular weight excluding hydrogens is 446 g/mol. The van der Waals surface area contributed by atoms with E-state index in [1.807, 2.05) is 66.7 Å². The molecule has 0 fully saturated rings. The van der Waals surface area contributed by atoms with Gasteiger partial charge in [0.1, 0.15) is 0 Å². The average molecular weight is 470 g/mol. The first-order chi connectivity index (χ1) is 13.8. The quantitative estimate of drug-likeness (QED) is 0.213. The highest BCUT2D eigenvalue weighted by atomic mass is 79.9. The summed E-state index contributed by atoms with van der Waals surface area (Å²) in [5.41, 5.74) is 0.519. The van der Waals surface area contributed by atoms with Crippen LogP contribution >= 0.6 is 15.9 Å². The first kappa shape index (κ1) is 21.4. The number of halogens is 1. The molecule has 0 saturated heterocycles. The van der Waals surface area contributed by atoms with Crippen molar-refractivity contribution in [3.05, 3.63) is 105 Å². The Labute approximate surface area is 181 Å². The molecule has 0 radical (unpaired) electrons. The van der Waals surface area contributed by atoms with E-state index < -0.39 is 14.5 Å². The first-order valence-electron chi connectivity index (χ1n) is 9.44. The van der Waals surface area contributed by atoms with E-state index in [9.17, 15) is 10.1 Å². The minimum Gasteiger partial charge on any atom is -0.345 e. The van der Waals surface area contributed by atoms with Gasteiger partial charge in [-0.15, -0.1) is 0 Å². The zero-order valence-electron chi connectivity index (χ0n) is 16.7. The lowest BCUT2D eigenvalue weighted by Gasteiger charge is -2.43. The van der Waals surface area contributed by atoms with Gasteiger partial charge in [-0.25, -0.2) is 0 Å². The number of rotatable bonds is 6. The summed E-state index contributed by atoms with van der Waals surface area (Å²) in [5.74, 6) is 0. The van der Waals surface area contributed by atoms with E-state index >= 15 is 0 Å². The Bertz CT molecular complexity index is 935. The monoisotopic (exact) mass is 469 g/mol. The van der Waals surface area contributed by atoms with Crippen LogP contribution in [0.25, 0.3) is 0 Å². The van der Waals surface area contributed by atoms with Crippen LogP contribution in [0.15, 0.2) is 89.4 Å². The molecule has 29 heavy (non-hydrogen) atoms. The van der Waals surface area contributed by atoms with E-state index in [1.165, 1.54) is 0 Å². The Balaban J connectivity index is 2.27. The molecule has 0 heterocycles. The number of hydrogen-bond donors (Lipinski definition) is 0. The van der Waals surface area contributed by atoms with Gasteiger partial charge in [-0.2, -0.15) is 0 Å². The molecule has 0 spiro atoms. The lowest BCUT2D eigenvalue weighted by atomic mass is 10.2. The third-order valence-corrected chi connectivity index (χ3v) is 10.8. The van der Waals surface area contributed by atoms with Crippen molar-refractivity contribution in [2.24, 2.45) is 0 Å². The van der Waals surface area contributed by atoms with Crippen molar-refractivity contribution in [1.82, 2.24) is 0 Å². The predicted molar refractivity (Wildman–Crippen MR) is 123 cm³/mol. The van der Waals surface area contributed by atoms with Crippen molar-refractivity contribution in [3.8, 4) is 0 Å². The van der Waals surface area contributed by atoms with Gasteiger partial charge < -0.3 is 4.43 Å². The van der Waals surface area contributed by atoms with Gasteiger partial charge in [-0.1, -0.05) is 109 Å². The molecule has 0 bridgehead atoms. The highest BCUT2D eigenvalue weighted by molar-refractivity contribution is 9.10. The fourth-order valence-electron chi connectivity index (χ4n) is 3.75. The van der Waals surface area contributed by atoms with E-state index in [-0.39, 0.29) is 9.96 Å². The van der Waals surface area contributed by atoms with Crippen LogP contribution in [-0.4, -0.2) is 13.2 Å². The second-order valence-corrected chi connectivity index (χ2v) is 13.0. The maximum atomic E-state index is 12.2. The van der Waals surface area contributed by atoms with Crippen LogP contribution in [0.2, 0.25) is 5.04 Å². The van der Waals surface area contributed by atoms with Crippen molar-refractivity contribution < 1.29 is 9.35 Å². The molecule has 0 aliphatic rings. The van der Waals surface area contributed by atoms with Crippen LogP contribution in [-0.2, 0) is 4.43 Å². The Morgan fingerprint density at radius 3 is 1.72 bits per heavy atom. The third kappa shape index (κ3) is 4.20. The van der Waals surface area contributed by atoms with E-state index in [4.69, 9.17) is 4.43 Å². The summed E-state index contributed by atoms with van der Waals surface area (Å²) in [6.07, 6.45) is -1.28. The van der Waals surface area contributed by atoms with E-state index in [0.717, 1.165) is 10.4 Å². The van der Waals surface area contributed by atoms with Gasteiger partial charge >= 0.3 is 6.23 Å². The summed E-state index contributed by atoms with van der Waals surface area (Å²) >= 11 is 3.47. The summed E-state index contributed by atoms with van der Waals surface area (Å²) in [6.45, 7) is 6.32. The molecule has 4 nitrogen and oxygen atoms in total. The molecule has 0 amide bonds. The molecule has 1 atom stereocenters. The molecule has 0 aliphatic heterocycles. The Morgan fingerprint density at radius 2 is 1.31 bits per heavy atom. The summed E-state index contributed by atoms with van der Waals surface area (Å²) in [4.78, 5) is 11.9. The molecule has 6 heteroatoms. The van der Waals surface area contributed by atoms with Crippen LogP contribution in [0.4, 0.5) is 0 Å². The van der Waals surface area contributed by atoms with Crippen molar-refractivity contribution in [3.63, 3.8) is 0 Å². The Morgan fingerprint density at radius 1 is 0.862 bits per heavy atom. The van der Waals surface area contributed by atoms with Crippen LogP contribution in [0.3, 0.4) is 0 Å². The van der Waals surface area contributed by atoms with Crippen molar-refractivity contribution in [1.29, 1.82) is 0 Å². The number of nitrogens with zero attached hydrogens (tertiary/aromatic N) is 1. The molecule has 0 aliphatic carbocycles. The van der Waals surface area contributed by atoms with Crippen molar-refractivity contribution >= 4 is 34.6 Å². The fraction of sp³-hybridized carbons (Fsp3) is 0.217. The molecule has 3 aromatic carbocycles. The molecule has 150 valence electrons. The van der Waals surface area contributed by atoms with E-state index in [0.29, 0.717) is 10.0 Å². The number of hydrogen-bond acceptors (Lipinski definition) is 3. The van der Waals surface area contributed by atoms with Gasteiger partial charge in [0, 0.05) is 4.47 Å². The SMILES string of the molecule is CC(C)(C)[Si](OC(c1ccccc1Br)[N+](=O)[O-])(c1ccccc1)c1ccccc1.